The third-order valence-corrected chi connectivity index (χ3v) is 3.95. The van der Waals surface area contributed by atoms with Gasteiger partial charge in [0.2, 0.25) is 0 Å². The second-order valence-corrected chi connectivity index (χ2v) is 5.34. The van der Waals surface area contributed by atoms with Crippen molar-refractivity contribution in [2.75, 3.05) is 32.2 Å². The number of nitrogens with zero attached hydrogens (tertiary/aromatic N) is 1. The number of ether oxygens (including phenoxy) is 2. The van der Waals surface area contributed by atoms with E-state index in [9.17, 15) is 23.3 Å². The highest BCUT2D eigenvalue weighted by molar-refractivity contribution is 5.55. The summed E-state index contributed by atoms with van der Waals surface area (Å²) in [6, 6.07) is 2.87. The van der Waals surface area contributed by atoms with Crippen LogP contribution in [0.3, 0.4) is 0 Å². The van der Waals surface area contributed by atoms with E-state index in [4.69, 9.17) is 9.47 Å². The molecule has 1 aliphatic rings. The highest BCUT2D eigenvalue weighted by Gasteiger charge is 2.39. The van der Waals surface area contributed by atoms with Gasteiger partial charge in [-0.1, -0.05) is 0 Å². The number of hydrogen-bond acceptors (Lipinski definition) is 5. The number of nitro benzene ring substituents is 1. The molecule has 0 bridgehead atoms. The number of alkyl halides is 3. The summed E-state index contributed by atoms with van der Waals surface area (Å²) in [6.07, 6.45) is -3.55. The molecule has 0 amide bonds. The molecule has 0 unspecified atom stereocenters. The van der Waals surface area contributed by atoms with Crippen molar-refractivity contribution in [1.82, 2.24) is 0 Å². The summed E-state index contributed by atoms with van der Waals surface area (Å²) >= 11 is 0. The number of nitrogens with one attached hydrogen (secondary N) is 1. The summed E-state index contributed by atoms with van der Waals surface area (Å²) < 4.78 is 49.6. The van der Waals surface area contributed by atoms with Gasteiger partial charge in [0.05, 0.1) is 10.5 Å². The summed E-state index contributed by atoms with van der Waals surface area (Å²) in [4.78, 5) is 9.69. The summed E-state index contributed by atoms with van der Waals surface area (Å²) in [7, 11) is 1.55. The van der Waals surface area contributed by atoms with Gasteiger partial charge in [0.15, 0.2) is 0 Å². The van der Waals surface area contributed by atoms with Crippen molar-refractivity contribution in [3.05, 3.63) is 33.9 Å². The van der Waals surface area contributed by atoms with Gasteiger partial charge in [-0.3, -0.25) is 10.1 Å². The standard InChI is InChI=1S/C14H17F3N2O4/c1-22-13(4-6-23-7-5-13)9-18-10-2-3-12(19(20)21)11(8-10)14(15,16)17/h2-3,8,18H,4-7,9H2,1H3. The molecule has 6 nitrogen and oxygen atoms in total. The van der Waals surface area contributed by atoms with E-state index in [0.717, 1.165) is 12.1 Å². The number of nitro groups is 1. The molecule has 0 saturated carbocycles. The van der Waals surface area contributed by atoms with Crippen LogP contribution in [0.25, 0.3) is 0 Å². The maximum Gasteiger partial charge on any atom is 0.423 e. The van der Waals surface area contributed by atoms with Crippen LogP contribution in [-0.2, 0) is 15.7 Å². The molecular weight excluding hydrogens is 317 g/mol. The van der Waals surface area contributed by atoms with E-state index < -0.39 is 28.0 Å². The molecule has 0 atom stereocenters. The Morgan fingerprint density at radius 1 is 1.39 bits per heavy atom. The number of anilines is 1. The first kappa shape index (κ1) is 17.5. The van der Waals surface area contributed by atoms with E-state index in [-0.39, 0.29) is 5.69 Å². The fraction of sp³-hybridized carbons (Fsp3) is 0.571. The Morgan fingerprint density at radius 2 is 2.04 bits per heavy atom. The molecule has 1 heterocycles. The molecule has 9 heteroatoms. The molecule has 128 valence electrons. The molecule has 0 aromatic heterocycles. The second-order valence-electron chi connectivity index (χ2n) is 5.34. The molecule has 1 aliphatic heterocycles. The van der Waals surface area contributed by atoms with E-state index in [2.05, 4.69) is 5.32 Å². The van der Waals surface area contributed by atoms with Crippen LogP contribution < -0.4 is 5.32 Å². The SMILES string of the molecule is COC1(CNc2ccc([N+](=O)[O-])c(C(F)(F)F)c2)CCOCC1. The lowest BCUT2D eigenvalue weighted by Crippen LogP contribution is -2.44. The fourth-order valence-electron chi connectivity index (χ4n) is 2.49. The molecule has 1 saturated heterocycles. The predicted octanol–water partition coefficient (Wildman–Crippen LogP) is 3.22. The first-order valence-electron chi connectivity index (χ1n) is 7.00. The van der Waals surface area contributed by atoms with E-state index in [1.54, 1.807) is 7.11 Å². The first-order valence-corrected chi connectivity index (χ1v) is 7.00. The minimum atomic E-state index is -4.79. The number of benzene rings is 1. The molecule has 0 spiro atoms. The van der Waals surface area contributed by atoms with E-state index >= 15 is 0 Å². The minimum Gasteiger partial charge on any atom is -0.382 e. The molecular formula is C14H17F3N2O4. The third kappa shape index (κ3) is 4.11. The number of rotatable bonds is 5. The highest BCUT2D eigenvalue weighted by Crippen LogP contribution is 2.37. The highest BCUT2D eigenvalue weighted by atomic mass is 19.4. The Kier molecular flexibility index (Phi) is 5.10. The molecule has 1 N–H and O–H groups in total. The van der Waals surface area contributed by atoms with Gasteiger partial charge < -0.3 is 14.8 Å². The summed E-state index contributed by atoms with van der Waals surface area (Å²) in [6.45, 7) is 1.33. The quantitative estimate of drug-likeness (QED) is 0.661. The van der Waals surface area contributed by atoms with Crippen LogP contribution in [0.2, 0.25) is 0 Å². The largest absolute Gasteiger partial charge is 0.423 e. The molecule has 1 aromatic rings. The van der Waals surface area contributed by atoms with Gasteiger partial charge in [0, 0.05) is 51.5 Å². The first-order chi connectivity index (χ1) is 10.8. The molecule has 1 fully saturated rings. The van der Waals surface area contributed by atoms with E-state index in [1.807, 2.05) is 0 Å². The van der Waals surface area contributed by atoms with Crippen molar-refractivity contribution in [2.24, 2.45) is 0 Å². The second kappa shape index (κ2) is 6.71. The zero-order valence-electron chi connectivity index (χ0n) is 12.5. The van der Waals surface area contributed by atoms with Gasteiger partial charge in [-0.15, -0.1) is 0 Å². The number of hydrogen-bond donors (Lipinski definition) is 1. The summed E-state index contributed by atoms with van der Waals surface area (Å²) in [5, 5.41) is 13.6. The monoisotopic (exact) mass is 334 g/mol. The van der Waals surface area contributed by atoms with Gasteiger partial charge in [-0.25, -0.2) is 0 Å². The Bertz CT molecular complexity index is 572. The zero-order valence-corrected chi connectivity index (χ0v) is 12.5. The normalized spacial score (nSPS) is 17.7. The van der Waals surface area contributed by atoms with Gasteiger partial charge >= 0.3 is 6.18 Å². The van der Waals surface area contributed by atoms with Crippen molar-refractivity contribution in [3.63, 3.8) is 0 Å². The van der Waals surface area contributed by atoms with Crippen LogP contribution in [0.15, 0.2) is 18.2 Å². The predicted molar refractivity (Wildman–Crippen MR) is 76.4 cm³/mol. The lowest BCUT2D eigenvalue weighted by Gasteiger charge is -2.36. The Balaban J connectivity index is 2.19. The molecule has 0 aliphatic carbocycles. The zero-order chi connectivity index (χ0) is 17.1. The average molecular weight is 334 g/mol. The lowest BCUT2D eigenvalue weighted by atomic mass is 9.94. The van der Waals surface area contributed by atoms with Crippen LogP contribution in [0.5, 0.6) is 0 Å². The molecule has 1 aromatic carbocycles. The van der Waals surface area contributed by atoms with Gasteiger partial charge in [0.1, 0.15) is 5.56 Å². The van der Waals surface area contributed by atoms with Crippen LogP contribution in [0.4, 0.5) is 24.5 Å². The van der Waals surface area contributed by atoms with Gasteiger partial charge in [-0.05, 0) is 12.1 Å². The van der Waals surface area contributed by atoms with Crippen LogP contribution in [0, 0.1) is 10.1 Å². The Hall–Kier alpha value is -1.87. The number of halogens is 3. The minimum absolute atomic E-state index is 0.158. The van der Waals surface area contributed by atoms with Gasteiger partial charge in [-0.2, -0.15) is 13.2 Å². The van der Waals surface area contributed by atoms with Crippen LogP contribution in [0.1, 0.15) is 18.4 Å². The topological polar surface area (TPSA) is 73.6 Å². The van der Waals surface area contributed by atoms with Crippen LogP contribution >= 0.6 is 0 Å². The summed E-state index contributed by atoms with van der Waals surface area (Å²) in [5.41, 5.74) is -2.59. The fourth-order valence-corrected chi connectivity index (χ4v) is 2.49. The third-order valence-electron chi connectivity index (χ3n) is 3.95. The number of methoxy groups -OCH3 is 1. The van der Waals surface area contributed by atoms with E-state index in [0.29, 0.717) is 32.6 Å². The van der Waals surface area contributed by atoms with Crippen molar-refractivity contribution in [2.45, 2.75) is 24.6 Å². The average Bonchev–Trinajstić information content (AvgIpc) is 2.52. The lowest BCUT2D eigenvalue weighted by molar-refractivity contribution is -0.388. The summed E-state index contributed by atoms with van der Waals surface area (Å²) in [5.74, 6) is 0. The molecule has 0 radical (unpaired) electrons. The molecule has 2 rings (SSSR count). The molecule has 23 heavy (non-hydrogen) atoms. The van der Waals surface area contributed by atoms with Crippen molar-refractivity contribution in [1.29, 1.82) is 0 Å². The van der Waals surface area contributed by atoms with Gasteiger partial charge in [0.25, 0.3) is 5.69 Å². The Labute approximate surface area is 130 Å². The maximum absolute atomic E-state index is 13.0. The Morgan fingerprint density at radius 3 is 2.57 bits per heavy atom. The smallest absolute Gasteiger partial charge is 0.382 e. The van der Waals surface area contributed by atoms with Crippen molar-refractivity contribution >= 4 is 11.4 Å². The maximum atomic E-state index is 13.0. The van der Waals surface area contributed by atoms with Crippen molar-refractivity contribution in [3.8, 4) is 0 Å². The van der Waals surface area contributed by atoms with Crippen molar-refractivity contribution < 1.29 is 27.6 Å². The van der Waals surface area contributed by atoms with E-state index in [1.165, 1.54) is 6.07 Å². The van der Waals surface area contributed by atoms with Crippen LogP contribution in [-0.4, -0.2) is 37.4 Å².